The maximum Gasteiger partial charge on any atom is 0.162 e. The molecule has 4 heteroatoms. The van der Waals surface area contributed by atoms with Gasteiger partial charge in [0.2, 0.25) is 0 Å². The molecule has 18 heavy (non-hydrogen) atoms. The van der Waals surface area contributed by atoms with Crippen LogP contribution in [0.2, 0.25) is 0 Å². The van der Waals surface area contributed by atoms with E-state index in [1.54, 1.807) is 6.07 Å². The first-order chi connectivity index (χ1) is 8.81. The van der Waals surface area contributed by atoms with Crippen LogP contribution in [0.3, 0.4) is 0 Å². The molecule has 2 rings (SSSR count). The van der Waals surface area contributed by atoms with Crippen molar-refractivity contribution in [2.75, 3.05) is 19.8 Å². The first-order valence-corrected chi connectivity index (χ1v) is 6.56. The Balaban J connectivity index is 1.93. The fourth-order valence-corrected chi connectivity index (χ4v) is 2.14. The predicted molar refractivity (Wildman–Crippen MR) is 70.0 cm³/mol. The highest BCUT2D eigenvalue weighted by Crippen LogP contribution is 2.29. The number of ether oxygens (including phenoxy) is 2. The molecule has 0 radical (unpaired) electrons. The van der Waals surface area contributed by atoms with E-state index in [0.29, 0.717) is 24.9 Å². The van der Waals surface area contributed by atoms with Crippen LogP contribution in [0.5, 0.6) is 11.5 Å². The molecule has 1 aromatic rings. The van der Waals surface area contributed by atoms with Crippen molar-refractivity contribution in [2.45, 2.75) is 32.4 Å². The lowest BCUT2D eigenvalue weighted by Gasteiger charge is -2.23. The zero-order valence-corrected chi connectivity index (χ0v) is 10.8. The molecule has 0 amide bonds. The highest BCUT2D eigenvalue weighted by atomic mass is 16.5. The molecular weight excluding hydrogens is 230 g/mol. The van der Waals surface area contributed by atoms with E-state index >= 15 is 0 Å². The normalized spacial score (nSPS) is 19.7. The van der Waals surface area contributed by atoms with Gasteiger partial charge in [-0.05, 0) is 25.8 Å². The zero-order chi connectivity index (χ0) is 12.8. The summed E-state index contributed by atoms with van der Waals surface area (Å²) in [5, 5.41) is 13.5. The first-order valence-electron chi connectivity index (χ1n) is 6.56. The van der Waals surface area contributed by atoms with E-state index in [9.17, 15) is 5.11 Å². The van der Waals surface area contributed by atoms with Gasteiger partial charge in [-0.1, -0.05) is 12.1 Å². The minimum absolute atomic E-state index is 0.239. The lowest BCUT2D eigenvalue weighted by Crippen LogP contribution is -2.36. The average Bonchev–Trinajstić information content (AvgIpc) is 2.41. The van der Waals surface area contributed by atoms with Gasteiger partial charge in [0.05, 0.1) is 13.2 Å². The summed E-state index contributed by atoms with van der Waals surface area (Å²) in [7, 11) is 0. The van der Waals surface area contributed by atoms with Crippen molar-refractivity contribution in [2.24, 2.45) is 0 Å². The molecule has 4 nitrogen and oxygen atoms in total. The third-order valence-electron chi connectivity index (χ3n) is 3.12. The Bertz CT molecular complexity index is 375. The van der Waals surface area contributed by atoms with Crippen molar-refractivity contribution in [3.05, 3.63) is 23.8 Å². The van der Waals surface area contributed by atoms with Crippen LogP contribution < -0.4 is 10.1 Å². The Morgan fingerprint density at radius 2 is 2.39 bits per heavy atom. The molecule has 0 saturated carbocycles. The van der Waals surface area contributed by atoms with E-state index in [4.69, 9.17) is 9.47 Å². The van der Waals surface area contributed by atoms with Crippen LogP contribution in [0, 0.1) is 0 Å². The molecule has 1 fully saturated rings. The molecule has 0 bridgehead atoms. The fourth-order valence-electron chi connectivity index (χ4n) is 2.14. The molecule has 1 atom stereocenters. The number of para-hydroxylation sites is 1. The summed E-state index contributed by atoms with van der Waals surface area (Å²) >= 11 is 0. The number of hydrogen-bond acceptors (Lipinski definition) is 4. The summed E-state index contributed by atoms with van der Waals surface area (Å²) in [6, 6.07) is 5.98. The van der Waals surface area contributed by atoms with Crippen molar-refractivity contribution in [3.8, 4) is 11.5 Å². The monoisotopic (exact) mass is 251 g/mol. The molecule has 2 N–H and O–H groups in total. The van der Waals surface area contributed by atoms with Crippen LogP contribution in [0.4, 0.5) is 0 Å². The molecule has 0 aromatic heterocycles. The van der Waals surface area contributed by atoms with Gasteiger partial charge in [0.1, 0.15) is 0 Å². The number of aromatic hydroxyl groups is 1. The predicted octanol–water partition coefficient (Wildman–Crippen LogP) is 2.06. The number of hydrogen-bond donors (Lipinski definition) is 2. The molecule has 0 aliphatic carbocycles. The maximum atomic E-state index is 10.1. The molecule has 1 aromatic carbocycles. The maximum absolute atomic E-state index is 10.1. The molecule has 1 aliphatic rings. The van der Waals surface area contributed by atoms with Crippen LogP contribution in [-0.4, -0.2) is 31.0 Å². The van der Waals surface area contributed by atoms with Crippen molar-refractivity contribution < 1.29 is 14.6 Å². The van der Waals surface area contributed by atoms with Gasteiger partial charge in [0.25, 0.3) is 0 Å². The van der Waals surface area contributed by atoms with Crippen LogP contribution in [0.15, 0.2) is 18.2 Å². The third kappa shape index (κ3) is 3.37. The van der Waals surface area contributed by atoms with Crippen molar-refractivity contribution in [1.29, 1.82) is 0 Å². The van der Waals surface area contributed by atoms with Gasteiger partial charge in [0.15, 0.2) is 11.5 Å². The van der Waals surface area contributed by atoms with Crippen molar-refractivity contribution >= 4 is 0 Å². The number of benzene rings is 1. The molecule has 0 spiro atoms. The van der Waals surface area contributed by atoms with E-state index < -0.39 is 0 Å². The standard InChI is InChI=1S/C14H21NO3/c1-2-18-13-7-3-5-11(14(13)16)9-15-12-6-4-8-17-10-12/h3,5,7,12,15-16H,2,4,6,8-10H2,1H3. The quantitative estimate of drug-likeness (QED) is 0.841. The first kappa shape index (κ1) is 13.2. The van der Waals surface area contributed by atoms with Gasteiger partial charge in [-0.2, -0.15) is 0 Å². The van der Waals surface area contributed by atoms with Crippen molar-refractivity contribution in [3.63, 3.8) is 0 Å². The summed E-state index contributed by atoms with van der Waals surface area (Å²) < 4.78 is 10.8. The van der Waals surface area contributed by atoms with E-state index in [1.165, 1.54) is 0 Å². The molecule has 100 valence electrons. The minimum atomic E-state index is 0.239. The number of phenolic OH excluding ortho intramolecular Hbond substituents is 1. The lowest BCUT2D eigenvalue weighted by molar-refractivity contribution is 0.0698. The average molecular weight is 251 g/mol. The van der Waals surface area contributed by atoms with Crippen molar-refractivity contribution in [1.82, 2.24) is 5.32 Å². The van der Waals surface area contributed by atoms with Gasteiger partial charge in [-0.3, -0.25) is 0 Å². The summed E-state index contributed by atoms with van der Waals surface area (Å²) in [5.41, 5.74) is 0.867. The summed E-state index contributed by atoms with van der Waals surface area (Å²) in [6.07, 6.45) is 2.23. The van der Waals surface area contributed by atoms with Crippen LogP contribution in [-0.2, 0) is 11.3 Å². The molecular formula is C14H21NO3. The molecule has 1 unspecified atom stereocenters. The molecule has 1 heterocycles. The Morgan fingerprint density at radius 1 is 1.50 bits per heavy atom. The number of rotatable bonds is 5. The van der Waals surface area contributed by atoms with Crippen LogP contribution >= 0.6 is 0 Å². The lowest BCUT2D eigenvalue weighted by atomic mass is 10.1. The van der Waals surface area contributed by atoms with Gasteiger partial charge >= 0.3 is 0 Å². The Labute approximate surface area is 108 Å². The number of nitrogens with one attached hydrogen (secondary N) is 1. The van der Waals surface area contributed by atoms with Gasteiger partial charge in [-0.15, -0.1) is 0 Å². The Kier molecular flexibility index (Phi) is 4.84. The number of phenols is 1. The van der Waals surface area contributed by atoms with Gasteiger partial charge in [-0.25, -0.2) is 0 Å². The highest BCUT2D eigenvalue weighted by molar-refractivity contribution is 5.45. The highest BCUT2D eigenvalue weighted by Gasteiger charge is 2.14. The Morgan fingerprint density at radius 3 is 3.11 bits per heavy atom. The summed E-state index contributed by atoms with van der Waals surface area (Å²) in [4.78, 5) is 0. The molecule has 1 saturated heterocycles. The second-order valence-electron chi connectivity index (χ2n) is 4.49. The molecule has 1 aliphatic heterocycles. The van der Waals surface area contributed by atoms with Crippen LogP contribution in [0.1, 0.15) is 25.3 Å². The van der Waals surface area contributed by atoms with E-state index in [1.807, 2.05) is 19.1 Å². The SMILES string of the molecule is CCOc1cccc(CNC2CCCOC2)c1O. The topological polar surface area (TPSA) is 50.7 Å². The minimum Gasteiger partial charge on any atom is -0.504 e. The van der Waals surface area contributed by atoms with E-state index in [2.05, 4.69) is 5.32 Å². The van der Waals surface area contributed by atoms with Gasteiger partial charge < -0.3 is 19.9 Å². The summed E-state index contributed by atoms with van der Waals surface area (Å²) in [5.74, 6) is 0.792. The Hall–Kier alpha value is -1.26. The zero-order valence-electron chi connectivity index (χ0n) is 10.8. The van der Waals surface area contributed by atoms with E-state index in [0.717, 1.165) is 31.6 Å². The summed E-state index contributed by atoms with van der Waals surface area (Å²) in [6.45, 7) is 4.72. The second kappa shape index (κ2) is 6.61. The fraction of sp³-hybridized carbons (Fsp3) is 0.571. The van der Waals surface area contributed by atoms with Crippen LogP contribution in [0.25, 0.3) is 0 Å². The second-order valence-corrected chi connectivity index (χ2v) is 4.49. The largest absolute Gasteiger partial charge is 0.504 e. The van der Waals surface area contributed by atoms with Gasteiger partial charge in [0, 0.05) is 24.8 Å². The van der Waals surface area contributed by atoms with E-state index in [-0.39, 0.29) is 5.75 Å². The third-order valence-corrected chi connectivity index (χ3v) is 3.12. The smallest absolute Gasteiger partial charge is 0.162 e.